The lowest BCUT2D eigenvalue weighted by molar-refractivity contribution is 0.0988. The number of amides is 1. The maximum Gasteiger partial charge on any atom is 0.296 e. The fourth-order valence-electron chi connectivity index (χ4n) is 1.75. The second-order valence-corrected chi connectivity index (χ2v) is 5.31. The van der Waals surface area contributed by atoms with Gasteiger partial charge in [0, 0.05) is 17.0 Å². The van der Waals surface area contributed by atoms with Crippen molar-refractivity contribution in [2.24, 2.45) is 0 Å². The van der Waals surface area contributed by atoms with E-state index in [1.807, 2.05) is 0 Å². The van der Waals surface area contributed by atoms with Crippen molar-refractivity contribution in [3.05, 3.63) is 52.7 Å². The van der Waals surface area contributed by atoms with Crippen molar-refractivity contribution < 1.29 is 18.1 Å². The number of aromatic nitrogens is 2. The van der Waals surface area contributed by atoms with E-state index in [-0.39, 0.29) is 5.76 Å². The number of hydrogen-bond acceptors (Lipinski definition) is 5. The molecule has 0 spiro atoms. The van der Waals surface area contributed by atoms with Crippen LogP contribution in [0, 0.1) is 18.6 Å². The summed E-state index contributed by atoms with van der Waals surface area (Å²) < 4.78 is 31.0. The number of anilines is 1. The van der Waals surface area contributed by atoms with Gasteiger partial charge in [0.05, 0.1) is 11.4 Å². The van der Waals surface area contributed by atoms with Crippen molar-refractivity contribution in [2.75, 3.05) is 5.32 Å². The molecule has 5 nitrogen and oxygen atoms in total. The largest absolute Gasteiger partial charge is 0.351 e. The average molecular weight is 321 g/mol. The lowest BCUT2D eigenvalue weighted by atomic mass is 10.2. The zero-order valence-electron chi connectivity index (χ0n) is 11.3. The van der Waals surface area contributed by atoms with Crippen molar-refractivity contribution in [3.63, 3.8) is 0 Å². The molecule has 0 fully saturated rings. The van der Waals surface area contributed by atoms with E-state index in [1.165, 1.54) is 12.1 Å². The molecule has 22 heavy (non-hydrogen) atoms. The molecule has 2 heterocycles. The molecule has 1 aromatic carbocycles. The standard InChI is InChI=1S/C14H9F2N3O2S/c1-7-4-12(21-19-7)13(20)18-14-17-11(6-22-14)8-2-3-9(15)10(16)5-8/h2-6H,1H3,(H,17,18,20). The second-order valence-electron chi connectivity index (χ2n) is 4.45. The number of carbonyl (C=O) groups excluding carboxylic acids is 1. The molecular weight excluding hydrogens is 312 g/mol. The molecule has 1 amide bonds. The van der Waals surface area contributed by atoms with Crippen LogP contribution in [0.25, 0.3) is 11.3 Å². The predicted octanol–water partition coefficient (Wildman–Crippen LogP) is 3.64. The van der Waals surface area contributed by atoms with E-state index >= 15 is 0 Å². The van der Waals surface area contributed by atoms with E-state index in [9.17, 15) is 13.6 Å². The molecule has 0 aliphatic rings. The highest BCUT2D eigenvalue weighted by atomic mass is 32.1. The van der Waals surface area contributed by atoms with Gasteiger partial charge < -0.3 is 4.52 Å². The van der Waals surface area contributed by atoms with Gasteiger partial charge in [-0.25, -0.2) is 13.8 Å². The molecule has 8 heteroatoms. The van der Waals surface area contributed by atoms with Crippen molar-refractivity contribution in [1.82, 2.24) is 10.1 Å². The molecule has 0 aliphatic carbocycles. The van der Waals surface area contributed by atoms with Gasteiger partial charge >= 0.3 is 0 Å². The van der Waals surface area contributed by atoms with Gasteiger partial charge in [-0.15, -0.1) is 11.3 Å². The number of nitrogens with zero attached hydrogens (tertiary/aromatic N) is 2. The summed E-state index contributed by atoms with van der Waals surface area (Å²) in [6.45, 7) is 1.70. The van der Waals surface area contributed by atoms with E-state index in [2.05, 4.69) is 15.5 Å². The molecule has 1 N–H and O–H groups in total. The maximum absolute atomic E-state index is 13.2. The van der Waals surface area contributed by atoms with Crippen molar-refractivity contribution in [2.45, 2.75) is 6.92 Å². The lowest BCUT2D eigenvalue weighted by Gasteiger charge is -1.98. The van der Waals surface area contributed by atoms with Crippen LogP contribution in [-0.2, 0) is 0 Å². The minimum Gasteiger partial charge on any atom is -0.351 e. The van der Waals surface area contributed by atoms with Crippen LogP contribution in [0.2, 0.25) is 0 Å². The van der Waals surface area contributed by atoms with Gasteiger partial charge in [0.15, 0.2) is 16.8 Å². The van der Waals surface area contributed by atoms with Gasteiger partial charge in [-0.05, 0) is 25.1 Å². The number of carbonyl (C=O) groups is 1. The molecule has 0 bridgehead atoms. The van der Waals surface area contributed by atoms with Crippen molar-refractivity contribution in [1.29, 1.82) is 0 Å². The summed E-state index contributed by atoms with van der Waals surface area (Å²) in [7, 11) is 0. The second kappa shape index (κ2) is 5.64. The molecule has 3 aromatic rings. The number of rotatable bonds is 3. The molecule has 0 aliphatic heterocycles. The quantitative estimate of drug-likeness (QED) is 0.800. The van der Waals surface area contributed by atoms with Crippen LogP contribution in [0.5, 0.6) is 0 Å². The maximum atomic E-state index is 13.2. The van der Waals surface area contributed by atoms with Crippen LogP contribution < -0.4 is 5.32 Å². The van der Waals surface area contributed by atoms with E-state index in [0.29, 0.717) is 22.1 Å². The number of benzene rings is 1. The highest BCUT2D eigenvalue weighted by Crippen LogP contribution is 2.26. The van der Waals surface area contributed by atoms with Gasteiger partial charge in [0.2, 0.25) is 5.76 Å². The number of halogens is 2. The first-order valence-electron chi connectivity index (χ1n) is 6.18. The zero-order chi connectivity index (χ0) is 15.7. The molecule has 112 valence electrons. The molecule has 0 unspecified atom stereocenters. The van der Waals surface area contributed by atoms with Crippen LogP contribution in [0.4, 0.5) is 13.9 Å². The first kappa shape index (κ1) is 14.3. The van der Waals surface area contributed by atoms with Gasteiger partial charge in [-0.1, -0.05) is 5.16 Å². The number of aryl methyl sites for hydroxylation is 1. The van der Waals surface area contributed by atoms with Crippen molar-refractivity contribution >= 4 is 22.4 Å². The average Bonchev–Trinajstić information content (AvgIpc) is 3.11. The molecular formula is C14H9F2N3O2S. The Balaban J connectivity index is 1.78. The summed E-state index contributed by atoms with van der Waals surface area (Å²) in [4.78, 5) is 16.0. The fraction of sp³-hybridized carbons (Fsp3) is 0.0714. The van der Waals surface area contributed by atoms with Gasteiger partial charge in [0.1, 0.15) is 0 Å². The normalized spacial score (nSPS) is 10.7. The third-order valence-electron chi connectivity index (χ3n) is 2.79. The summed E-state index contributed by atoms with van der Waals surface area (Å²) in [5, 5.41) is 8.13. The van der Waals surface area contributed by atoms with Gasteiger partial charge in [0.25, 0.3) is 5.91 Å². The number of thiazole rings is 1. The van der Waals surface area contributed by atoms with Gasteiger partial charge in [-0.3, -0.25) is 10.1 Å². The third kappa shape index (κ3) is 2.86. The monoisotopic (exact) mass is 321 g/mol. The highest BCUT2D eigenvalue weighted by molar-refractivity contribution is 7.14. The Bertz CT molecular complexity index is 844. The molecule has 0 radical (unpaired) electrons. The van der Waals surface area contributed by atoms with Crippen molar-refractivity contribution in [3.8, 4) is 11.3 Å². The molecule has 0 saturated carbocycles. The third-order valence-corrected chi connectivity index (χ3v) is 3.55. The summed E-state index contributed by atoms with van der Waals surface area (Å²) >= 11 is 1.16. The van der Waals surface area contributed by atoms with Crippen LogP contribution in [0.15, 0.2) is 34.2 Å². The Kier molecular flexibility index (Phi) is 3.68. The number of hydrogen-bond donors (Lipinski definition) is 1. The Labute approximate surface area is 127 Å². The lowest BCUT2D eigenvalue weighted by Crippen LogP contribution is -2.10. The highest BCUT2D eigenvalue weighted by Gasteiger charge is 2.14. The minimum atomic E-state index is -0.951. The minimum absolute atomic E-state index is 0.0714. The van der Waals surface area contributed by atoms with E-state index < -0.39 is 17.5 Å². The van der Waals surface area contributed by atoms with E-state index in [4.69, 9.17) is 4.52 Å². The smallest absolute Gasteiger partial charge is 0.296 e. The van der Waals surface area contributed by atoms with Gasteiger partial charge in [-0.2, -0.15) is 0 Å². The first-order chi connectivity index (χ1) is 10.5. The molecule has 2 aromatic heterocycles. The fourth-order valence-corrected chi connectivity index (χ4v) is 2.46. The zero-order valence-corrected chi connectivity index (χ0v) is 12.1. The summed E-state index contributed by atoms with van der Waals surface area (Å²) in [6, 6.07) is 4.99. The predicted molar refractivity (Wildman–Crippen MR) is 76.7 cm³/mol. The van der Waals surface area contributed by atoms with Crippen LogP contribution >= 0.6 is 11.3 Å². The summed E-state index contributed by atoms with van der Waals surface area (Å²) in [5.41, 5.74) is 1.45. The van der Waals surface area contributed by atoms with Crippen LogP contribution in [0.3, 0.4) is 0 Å². The SMILES string of the molecule is Cc1cc(C(=O)Nc2nc(-c3ccc(F)c(F)c3)cs2)on1. The molecule has 3 rings (SSSR count). The Hall–Kier alpha value is -2.61. The molecule has 0 atom stereocenters. The van der Waals surface area contributed by atoms with Crippen LogP contribution in [0.1, 0.15) is 16.2 Å². The van der Waals surface area contributed by atoms with E-state index in [1.54, 1.807) is 12.3 Å². The number of nitrogens with one attached hydrogen (secondary N) is 1. The Morgan fingerprint density at radius 2 is 2.09 bits per heavy atom. The topological polar surface area (TPSA) is 68.0 Å². The first-order valence-corrected chi connectivity index (χ1v) is 7.06. The van der Waals surface area contributed by atoms with E-state index in [0.717, 1.165) is 23.5 Å². The molecule has 0 saturated heterocycles. The van der Waals surface area contributed by atoms with Crippen LogP contribution in [-0.4, -0.2) is 16.0 Å². The Morgan fingerprint density at radius 3 is 2.77 bits per heavy atom. The summed E-state index contributed by atoms with van der Waals surface area (Å²) in [6.07, 6.45) is 0. The Morgan fingerprint density at radius 1 is 1.27 bits per heavy atom. The summed E-state index contributed by atoms with van der Waals surface area (Å²) in [5.74, 6) is -2.28.